The average molecular weight is 252 g/mol. The van der Waals surface area contributed by atoms with E-state index in [-0.39, 0.29) is 17.9 Å². The van der Waals surface area contributed by atoms with Gasteiger partial charge in [-0.1, -0.05) is 39.0 Å². The lowest BCUT2D eigenvalue weighted by molar-refractivity contribution is -0.127. The van der Waals surface area contributed by atoms with E-state index in [0.717, 1.165) is 25.7 Å². The van der Waals surface area contributed by atoms with E-state index in [1.807, 2.05) is 0 Å². The van der Waals surface area contributed by atoms with Gasteiger partial charge in [0.05, 0.1) is 5.92 Å². The van der Waals surface area contributed by atoms with Gasteiger partial charge >= 0.3 is 0 Å². The molecule has 3 N–H and O–H groups in total. The Morgan fingerprint density at radius 1 is 1.11 bits per heavy atom. The average Bonchev–Trinajstić information content (AvgIpc) is 2.39. The van der Waals surface area contributed by atoms with Crippen molar-refractivity contribution in [2.24, 2.45) is 17.6 Å². The largest absolute Gasteiger partial charge is 0.353 e. The molecule has 0 bridgehead atoms. The molecule has 0 radical (unpaired) electrons. The Bertz CT molecular complexity index is 280. The summed E-state index contributed by atoms with van der Waals surface area (Å²) in [5, 5.41) is 3.30. The second-order valence-electron chi connectivity index (χ2n) is 6.12. The maximum Gasteiger partial charge on any atom is 0.224 e. The van der Waals surface area contributed by atoms with Crippen LogP contribution in [0.2, 0.25) is 0 Å². The number of nitrogens with two attached hydrogens (primary N) is 1. The zero-order valence-corrected chi connectivity index (χ0v) is 11.7. The van der Waals surface area contributed by atoms with E-state index in [2.05, 4.69) is 12.2 Å². The molecule has 3 nitrogen and oxygen atoms in total. The third kappa shape index (κ3) is 3.25. The van der Waals surface area contributed by atoms with Crippen LogP contribution < -0.4 is 11.1 Å². The Hall–Kier alpha value is -0.570. The summed E-state index contributed by atoms with van der Waals surface area (Å²) in [5.41, 5.74) is 6.09. The first-order chi connectivity index (χ1) is 8.72. The van der Waals surface area contributed by atoms with Crippen molar-refractivity contribution in [3.63, 3.8) is 0 Å². The van der Waals surface area contributed by atoms with Crippen molar-refractivity contribution in [3.8, 4) is 0 Å². The molecule has 4 unspecified atom stereocenters. The lowest BCUT2D eigenvalue weighted by Gasteiger charge is -2.34. The van der Waals surface area contributed by atoms with Gasteiger partial charge in [-0.3, -0.25) is 4.79 Å². The van der Waals surface area contributed by atoms with Crippen molar-refractivity contribution in [1.82, 2.24) is 5.32 Å². The van der Waals surface area contributed by atoms with Gasteiger partial charge in [0, 0.05) is 12.1 Å². The van der Waals surface area contributed by atoms with Crippen molar-refractivity contribution >= 4 is 5.91 Å². The van der Waals surface area contributed by atoms with Gasteiger partial charge in [0.1, 0.15) is 0 Å². The molecule has 2 saturated carbocycles. The van der Waals surface area contributed by atoms with Crippen LogP contribution in [0.25, 0.3) is 0 Å². The molecule has 2 rings (SSSR count). The van der Waals surface area contributed by atoms with Crippen LogP contribution in [0.1, 0.15) is 64.7 Å². The normalized spacial score (nSPS) is 37.2. The Kier molecular flexibility index (Phi) is 5.04. The monoisotopic (exact) mass is 252 g/mol. The van der Waals surface area contributed by atoms with Gasteiger partial charge in [-0.25, -0.2) is 0 Å². The highest BCUT2D eigenvalue weighted by Gasteiger charge is 2.31. The first-order valence-corrected chi connectivity index (χ1v) is 7.78. The summed E-state index contributed by atoms with van der Waals surface area (Å²) in [6, 6.07) is 0.493. The standard InChI is InChI=1S/C15H28N2O/c1-2-11-7-3-6-10-14(11)17-15(18)12-8-4-5-9-13(12)16/h11-14H,2-10,16H2,1H3,(H,17,18). The molecule has 104 valence electrons. The van der Waals surface area contributed by atoms with E-state index in [1.54, 1.807) is 0 Å². The molecule has 0 aromatic carbocycles. The van der Waals surface area contributed by atoms with E-state index < -0.39 is 0 Å². The Labute approximate surface area is 111 Å². The summed E-state index contributed by atoms with van der Waals surface area (Å²) in [6.07, 6.45) is 10.5. The quantitative estimate of drug-likeness (QED) is 0.811. The van der Waals surface area contributed by atoms with Crippen molar-refractivity contribution in [3.05, 3.63) is 0 Å². The van der Waals surface area contributed by atoms with E-state index in [0.29, 0.717) is 12.0 Å². The highest BCUT2D eigenvalue weighted by molar-refractivity contribution is 5.79. The fourth-order valence-corrected chi connectivity index (χ4v) is 3.66. The molecular formula is C15H28N2O. The highest BCUT2D eigenvalue weighted by Crippen LogP contribution is 2.28. The summed E-state index contributed by atoms with van der Waals surface area (Å²) in [4.78, 5) is 12.3. The van der Waals surface area contributed by atoms with E-state index >= 15 is 0 Å². The van der Waals surface area contributed by atoms with E-state index in [4.69, 9.17) is 5.73 Å². The zero-order chi connectivity index (χ0) is 13.0. The van der Waals surface area contributed by atoms with Crippen molar-refractivity contribution in [2.45, 2.75) is 76.8 Å². The molecule has 0 saturated heterocycles. The number of carbonyl (C=O) groups excluding carboxylic acids is 1. The van der Waals surface area contributed by atoms with Crippen LogP contribution in [-0.4, -0.2) is 18.0 Å². The van der Waals surface area contributed by atoms with Crippen LogP contribution in [0.5, 0.6) is 0 Å². The van der Waals surface area contributed by atoms with Gasteiger partial charge in [0.15, 0.2) is 0 Å². The molecule has 0 aromatic heterocycles. The molecule has 1 amide bonds. The Morgan fingerprint density at radius 2 is 1.78 bits per heavy atom. The van der Waals surface area contributed by atoms with Crippen LogP contribution in [0, 0.1) is 11.8 Å². The molecule has 2 fully saturated rings. The minimum atomic E-state index is 0.0678. The smallest absolute Gasteiger partial charge is 0.224 e. The number of carbonyl (C=O) groups is 1. The second kappa shape index (κ2) is 6.55. The minimum absolute atomic E-state index is 0.0678. The second-order valence-corrected chi connectivity index (χ2v) is 6.12. The summed E-state index contributed by atoms with van der Waals surface area (Å²) in [5.74, 6) is 0.980. The molecule has 0 spiro atoms. The molecule has 3 heteroatoms. The first-order valence-electron chi connectivity index (χ1n) is 7.78. The van der Waals surface area contributed by atoms with Crippen LogP contribution in [0.4, 0.5) is 0 Å². The van der Waals surface area contributed by atoms with Crippen LogP contribution in [0.15, 0.2) is 0 Å². The maximum absolute atomic E-state index is 12.3. The molecule has 18 heavy (non-hydrogen) atoms. The maximum atomic E-state index is 12.3. The van der Waals surface area contributed by atoms with E-state index in [9.17, 15) is 4.79 Å². The first kappa shape index (κ1) is 13.9. The number of hydrogen-bond acceptors (Lipinski definition) is 2. The third-order valence-electron chi connectivity index (χ3n) is 4.92. The van der Waals surface area contributed by atoms with Crippen LogP contribution in [0.3, 0.4) is 0 Å². The fraction of sp³-hybridized carbons (Fsp3) is 0.933. The summed E-state index contributed by atoms with van der Waals surface area (Å²) >= 11 is 0. The molecular weight excluding hydrogens is 224 g/mol. The number of amides is 1. The summed E-state index contributed by atoms with van der Waals surface area (Å²) in [6.45, 7) is 2.24. The van der Waals surface area contributed by atoms with Crippen molar-refractivity contribution in [2.75, 3.05) is 0 Å². The zero-order valence-electron chi connectivity index (χ0n) is 11.7. The molecule has 2 aliphatic rings. The Balaban J connectivity index is 1.88. The van der Waals surface area contributed by atoms with Crippen molar-refractivity contribution < 1.29 is 4.79 Å². The van der Waals surface area contributed by atoms with Crippen LogP contribution in [-0.2, 0) is 4.79 Å². The summed E-state index contributed by atoms with van der Waals surface area (Å²) in [7, 11) is 0. The van der Waals surface area contributed by atoms with E-state index in [1.165, 1.54) is 32.1 Å². The Morgan fingerprint density at radius 3 is 2.50 bits per heavy atom. The molecule has 4 atom stereocenters. The van der Waals surface area contributed by atoms with Gasteiger partial charge in [-0.15, -0.1) is 0 Å². The number of hydrogen-bond donors (Lipinski definition) is 2. The van der Waals surface area contributed by atoms with Gasteiger partial charge in [0.2, 0.25) is 5.91 Å². The molecule has 0 aromatic rings. The van der Waals surface area contributed by atoms with Gasteiger partial charge < -0.3 is 11.1 Å². The van der Waals surface area contributed by atoms with Gasteiger partial charge in [-0.05, 0) is 31.6 Å². The molecule has 2 aliphatic carbocycles. The number of rotatable bonds is 3. The minimum Gasteiger partial charge on any atom is -0.353 e. The predicted octanol–water partition coefficient (Wildman–Crippen LogP) is 2.59. The third-order valence-corrected chi connectivity index (χ3v) is 4.92. The molecule has 0 aliphatic heterocycles. The van der Waals surface area contributed by atoms with Gasteiger partial charge in [0.25, 0.3) is 0 Å². The number of nitrogens with one attached hydrogen (secondary N) is 1. The van der Waals surface area contributed by atoms with Crippen LogP contribution >= 0.6 is 0 Å². The fourth-order valence-electron chi connectivity index (χ4n) is 3.66. The topological polar surface area (TPSA) is 55.1 Å². The summed E-state index contributed by atoms with van der Waals surface area (Å²) < 4.78 is 0. The molecule has 0 heterocycles. The van der Waals surface area contributed by atoms with Gasteiger partial charge in [-0.2, -0.15) is 0 Å². The van der Waals surface area contributed by atoms with Crippen molar-refractivity contribution in [1.29, 1.82) is 0 Å². The lowest BCUT2D eigenvalue weighted by Crippen LogP contribution is -2.49. The predicted molar refractivity (Wildman–Crippen MR) is 74.1 cm³/mol. The lowest BCUT2D eigenvalue weighted by atomic mass is 9.81. The highest BCUT2D eigenvalue weighted by atomic mass is 16.2. The SMILES string of the molecule is CCC1CCCCC1NC(=O)C1CCCCC1N.